The van der Waals surface area contributed by atoms with Crippen molar-refractivity contribution in [3.05, 3.63) is 47.2 Å². The van der Waals surface area contributed by atoms with E-state index in [2.05, 4.69) is 10.5 Å². The molecule has 2 heterocycles. The predicted molar refractivity (Wildman–Crippen MR) is 89.3 cm³/mol. The third-order valence-corrected chi connectivity index (χ3v) is 4.50. The van der Waals surface area contributed by atoms with Gasteiger partial charge in [-0.2, -0.15) is 0 Å². The van der Waals surface area contributed by atoms with Gasteiger partial charge in [0.15, 0.2) is 5.82 Å². The van der Waals surface area contributed by atoms with Crippen molar-refractivity contribution in [3.63, 3.8) is 0 Å². The van der Waals surface area contributed by atoms with Gasteiger partial charge in [-0.25, -0.2) is 0 Å². The second kappa shape index (κ2) is 6.47. The van der Waals surface area contributed by atoms with E-state index in [1.54, 1.807) is 24.9 Å². The molecule has 6 heteroatoms. The molecule has 2 atom stereocenters. The molecule has 6 nitrogen and oxygen atoms in total. The minimum Gasteiger partial charge on any atom is -0.360 e. The van der Waals surface area contributed by atoms with Gasteiger partial charge < -0.3 is 14.7 Å². The van der Waals surface area contributed by atoms with E-state index in [1.807, 2.05) is 31.2 Å². The van der Waals surface area contributed by atoms with Gasteiger partial charge >= 0.3 is 0 Å². The molecule has 1 saturated heterocycles. The van der Waals surface area contributed by atoms with Crippen molar-refractivity contribution >= 4 is 17.6 Å². The van der Waals surface area contributed by atoms with Gasteiger partial charge in [0.05, 0.1) is 12.0 Å². The first-order valence-electron chi connectivity index (χ1n) is 8.02. The molecule has 24 heavy (non-hydrogen) atoms. The van der Waals surface area contributed by atoms with Crippen LogP contribution in [0.15, 0.2) is 34.9 Å². The van der Waals surface area contributed by atoms with Gasteiger partial charge in [0.1, 0.15) is 5.76 Å². The van der Waals surface area contributed by atoms with Crippen molar-refractivity contribution in [2.24, 2.45) is 5.92 Å². The maximum absolute atomic E-state index is 12.7. The van der Waals surface area contributed by atoms with E-state index in [4.69, 9.17) is 4.52 Å². The zero-order chi connectivity index (χ0) is 17.3. The summed E-state index contributed by atoms with van der Waals surface area (Å²) in [4.78, 5) is 26.6. The van der Waals surface area contributed by atoms with Crippen molar-refractivity contribution in [2.75, 3.05) is 12.4 Å². The number of nitrogens with one attached hydrogen (secondary N) is 1. The summed E-state index contributed by atoms with van der Waals surface area (Å²) in [6, 6.07) is 9.36. The van der Waals surface area contributed by atoms with Crippen LogP contribution in [0, 0.1) is 19.8 Å². The molecule has 1 aliphatic heterocycles. The lowest BCUT2D eigenvalue weighted by Gasteiger charge is -2.38. The molecule has 0 spiro atoms. The highest BCUT2D eigenvalue weighted by Crippen LogP contribution is 2.36. The standard InChI is InChI=1S/C18H21N3O3/c1-11-4-6-13(7-5-11)17-14(8-9-16(22)21(17)3)18(23)19-15-10-12(2)24-20-15/h4-7,10,14,17H,8-9H2,1-3H3,(H,19,20,23)/t14-,17-/m1/s1. The van der Waals surface area contributed by atoms with Crippen LogP contribution in [0.5, 0.6) is 0 Å². The quantitative estimate of drug-likeness (QED) is 0.940. The number of rotatable bonds is 3. The number of hydrogen-bond donors (Lipinski definition) is 1. The van der Waals surface area contributed by atoms with Crippen LogP contribution in [0.25, 0.3) is 0 Å². The largest absolute Gasteiger partial charge is 0.360 e. The molecule has 1 aromatic heterocycles. The monoisotopic (exact) mass is 327 g/mol. The van der Waals surface area contributed by atoms with Gasteiger partial charge in [0.25, 0.3) is 0 Å². The molecule has 1 aromatic carbocycles. The summed E-state index contributed by atoms with van der Waals surface area (Å²) in [6.07, 6.45) is 0.888. The maximum atomic E-state index is 12.7. The van der Waals surface area contributed by atoms with Gasteiger partial charge in [-0.3, -0.25) is 9.59 Å². The average Bonchev–Trinajstić information content (AvgIpc) is 2.96. The number of aromatic nitrogens is 1. The number of piperidine rings is 1. The molecule has 0 aliphatic carbocycles. The summed E-state index contributed by atoms with van der Waals surface area (Å²) < 4.78 is 4.99. The second-order valence-electron chi connectivity index (χ2n) is 6.32. The molecule has 2 aromatic rings. The first kappa shape index (κ1) is 16.2. The zero-order valence-electron chi connectivity index (χ0n) is 14.1. The second-order valence-corrected chi connectivity index (χ2v) is 6.32. The molecule has 0 unspecified atom stereocenters. The van der Waals surface area contributed by atoms with Crippen LogP contribution in [0.2, 0.25) is 0 Å². The Labute approximate surface area is 140 Å². The number of carbonyl (C=O) groups excluding carboxylic acids is 2. The predicted octanol–water partition coefficient (Wildman–Crippen LogP) is 2.84. The van der Waals surface area contributed by atoms with Gasteiger partial charge in [-0.15, -0.1) is 0 Å². The number of benzene rings is 1. The van der Waals surface area contributed by atoms with E-state index >= 15 is 0 Å². The molecular weight excluding hydrogens is 306 g/mol. The lowest BCUT2D eigenvalue weighted by molar-refractivity contribution is -0.140. The highest BCUT2D eigenvalue weighted by molar-refractivity contribution is 5.94. The molecule has 0 saturated carbocycles. The summed E-state index contributed by atoms with van der Waals surface area (Å²) in [5.41, 5.74) is 2.11. The molecular formula is C18H21N3O3. The van der Waals surface area contributed by atoms with Crippen molar-refractivity contribution in [3.8, 4) is 0 Å². The number of hydrogen-bond acceptors (Lipinski definition) is 4. The van der Waals surface area contributed by atoms with Gasteiger partial charge in [0, 0.05) is 19.5 Å². The fourth-order valence-corrected chi connectivity index (χ4v) is 3.18. The fourth-order valence-electron chi connectivity index (χ4n) is 3.18. The molecule has 126 valence electrons. The Bertz CT molecular complexity index is 751. The number of nitrogens with zero attached hydrogens (tertiary/aromatic N) is 2. The number of carbonyl (C=O) groups is 2. The van der Waals surface area contributed by atoms with Gasteiger partial charge in [-0.1, -0.05) is 35.0 Å². The minimum absolute atomic E-state index is 0.0573. The third-order valence-electron chi connectivity index (χ3n) is 4.50. The van der Waals surface area contributed by atoms with Crippen LogP contribution < -0.4 is 5.32 Å². The van der Waals surface area contributed by atoms with Crippen LogP contribution in [0.1, 0.15) is 35.8 Å². The first-order chi connectivity index (χ1) is 11.5. The molecule has 2 amide bonds. The number of likely N-dealkylation sites (tertiary alicyclic amines) is 1. The summed E-state index contributed by atoms with van der Waals surface area (Å²) >= 11 is 0. The minimum atomic E-state index is -0.326. The highest BCUT2D eigenvalue weighted by Gasteiger charge is 2.39. The van der Waals surface area contributed by atoms with E-state index in [1.165, 1.54) is 0 Å². The lowest BCUT2D eigenvalue weighted by atomic mass is 9.83. The van der Waals surface area contributed by atoms with Gasteiger partial charge in [0.2, 0.25) is 11.8 Å². The van der Waals surface area contributed by atoms with E-state index in [9.17, 15) is 9.59 Å². The van der Waals surface area contributed by atoms with Crippen LogP contribution in [-0.4, -0.2) is 28.9 Å². The summed E-state index contributed by atoms with van der Waals surface area (Å²) in [6.45, 7) is 3.78. The SMILES string of the molecule is Cc1ccc([C@@H]2[C@H](C(=O)Nc3cc(C)on3)CCC(=O)N2C)cc1. The van der Waals surface area contributed by atoms with E-state index in [-0.39, 0.29) is 23.8 Å². The molecule has 3 rings (SSSR count). The zero-order valence-corrected chi connectivity index (χ0v) is 14.1. The Morgan fingerprint density at radius 3 is 2.62 bits per heavy atom. The topological polar surface area (TPSA) is 75.4 Å². The van der Waals surface area contributed by atoms with E-state index < -0.39 is 0 Å². The van der Waals surface area contributed by atoms with Crippen molar-refractivity contribution in [1.82, 2.24) is 10.1 Å². The van der Waals surface area contributed by atoms with E-state index in [0.717, 1.165) is 11.1 Å². The molecule has 1 fully saturated rings. The first-order valence-corrected chi connectivity index (χ1v) is 8.02. The fraction of sp³-hybridized carbons (Fsp3) is 0.389. The van der Waals surface area contributed by atoms with Gasteiger partial charge in [-0.05, 0) is 25.8 Å². The molecule has 0 radical (unpaired) electrons. The number of aryl methyl sites for hydroxylation is 2. The molecule has 1 N–H and O–H groups in total. The third kappa shape index (κ3) is 3.18. The summed E-state index contributed by atoms with van der Waals surface area (Å²) in [5, 5.41) is 6.60. The number of amides is 2. The summed E-state index contributed by atoms with van der Waals surface area (Å²) in [7, 11) is 1.76. The average molecular weight is 327 g/mol. The Balaban J connectivity index is 1.86. The van der Waals surface area contributed by atoms with Crippen LogP contribution in [-0.2, 0) is 9.59 Å². The van der Waals surface area contributed by atoms with Crippen molar-refractivity contribution < 1.29 is 14.1 Å². The highest BCUT2D eigenvalue weighted by atomic mass is 16.5. The van der Waals surface area contributed by atoms with Crippen LogP contribution in [0.3, 0.4) is 0 Å². The molecule has 0 bridgehead atoms. The molecule has 1 aliphatic rings. The van der Waals surface area contributed by atoms with Crippen molar-refractivity contribution in [1.29, 1.82) is 0 Å². The summed E-state index contributed by atoms with van der Waals surface area (Å²) in [5.74, 6) is 0.624. The lowest BCUT2D eigenvalue weighted by Crippen LogP contribution is -2.44. The van der Waals surface area contributed by atoms with Crippen LogP contribution >= 0.6 is 0 Å². The Morgan fingerprint density at radius 1 is 1.29 bits per heavy atom. The Morgan fingerprint density at radius 2 is 2.00 bits per heavy atom. The Hall–Kier alpha value is -2.63. The number of anilines is 1. The maximum Gasteiger partial charge on any atom is 0.231 e. The normalized spacial score (nSPS) is 21.0. The Kier molecular flexibility index (Phi) is 4.38. The van der Waals surface area contributed by atoms with Crippen molar-refractivity contribution in [2.45, 2.75) is 32.7 Å². The smallest absolute Gasteiger partial charge is 0.231 e. The van der Waals surface area contributed by atoms with E-state index in [0.29, 0.717) is 24.4 Å². The van der Waals surface area contributed by atoms with Crippen LogP contribution in [0.4, 0.5) is 5.82 Å².